The molecular formula is C11H15N3O. The van der Waals surface area contributed by atoms with Crippen LogP contribution >= 0.6 is 0 Å². The van der Waals surface area contributed by atoms with Gasteiger partial charge in [0.25, 0.3) is 5.91 Å². The Morgan fingerprint density at radius 1 is 1.53 bits per heavy atom. The van der Waals surface area contributed by atoms with Crippen LogP contribution in [0.4, 0.5) is 0 Å². The molecule has 1 aliphatic rings. The molecule has 1 fully saturated rings. The molecule has 0 bridgehead atoms. The zero-order valence-electron chi connectivity index (χ0n) is 8.81. The summed E-state index contributed by atoms with van der Waals surface area (Å²) in [7, 11) is 2.07. The SMILES string of the molecule is CN1CCC(NC(=O)c2ccncc2)C1. The maximum absolute atomic E-state index is 11.7. The molecule has 1 N–H and O–H groups in total. The van der Waals surface area contributed by atoms with Gasteiger partial charge in [0, 0.05) is 30.5 Å². The number of nitrogens with zero attached hydrogens (tertiary/aromatic N) is 2. The number of likely N-dealkylation sites (N-methyl/N-ethyl adjacent to an activating group) is 1. The van der Waals surface area contributed by atoms with Gasteiger partial charge in [-0.3, -0.25) is 9.78 Å². The summed E-state index contributed by atoms with van der Waals surface area (Å²) in [6, 6.07) is 3.75. The van der Waals surface area contributed by atoms with E-state index < -0.39 is 0 Å². The third-order valence-corrected chi connectivity index (χ3v) is 2.67. The van der Waals surface area contributed by atoms with Gasteiger partial charge in [0.05, 0.1) is 0 Å². The lowest BCUT2D eigenvalue weighted by molar-refractivity contribution is 0.0938. The van der Waals surface area contributed by atoms with E-state index in [1.165, 1.54) is 0 Å². The molecule has 2 rings (SSSR count). The maximum atomic E-state index is 11.7. The van der Waals surface area contributed by atoms with E-state index in [0.717, 1.165) is 19.5 Å². The van der Waals surface area contributed by atoms with Crippen molar-refractivity contribution in [3.63, 3.8) is 0 Å². The van der Waals surface area contributed by atoms with Crippen LogP contribution in [0.3, 0.4) is 0 Å². The van der Waals surface area contributed by atoms with E-state index in [1.807, 2.05) is 0 Å². The fourth-order valence-electron chi connectivity index (χ4n) is 1.82. The largest absolute Gasteiger partial charge is 0.348 e. The first-order valence-corrected chi connectivity index (χ1v) is 5.15. The Hall–Kier alpha value is -1.42. The highest BCUT2D eigenvalue weighted by Gasteiger charge is 2.21. The van der Waals surface area contributed by atoms with E-state index in [9.17, 15) is 4.79 Å². The fourth-order valence-corrected chi connectivity index (χ4v) is 1.82. The number of hydrogen-bond acceptors (Lipinski definition) is 3. The van der Waals surface area contributed by atoms with Crippen LogP contribution in [0.5, 0.6) is 0 Å². The van der Waals surface area contributed by atoms with Crippen molar-refractivity contribution in [3.8, 4) is 0 Å². The quantitative estimate of drug-likeness (QED) is 0.765. The van der Waals surface area contributed by atoms with Crippen molar-refractivity contribution in [2.24, 2.45) is 0 Å². The number of carbonyl (C=O) groups is 1. The summed E-state index contributed by atoms with van der Waals surface area (Å²) in [5, 5.41) is 3.02. The number of aromatic nitrogens is 1. The average molecular weight is 205 g/mol. The van der Waals surface area contributed by atoms with Gasteiger partial charge in [0.15, 0.2) is 0 Å². The Kier molecular flexibility index (Phi) is 2.97. The van der Waals surface area contributed by atoms with Crippen LogP contribution in [0.2, 0.25) is 0 Å². The van der Waals surface area contributed by atoms with Crippen molar-refractivity contribution < 1.29 is 4.79 Å². The predicted octanol–water partition coefficient (Wildman–Crippen LogP) is 0.515. The lowest BCUT2D eigenvalue weighted by Crippen LogP contribution is -2.36. The summed E-state index contributed by atoms with van der Waals surface area (Å²) >= 11 is 0. The second-order valence-electron chi connectivity index (χ2n) is 3.96. The summed E-state index contributed by atoms with van der Waals surface area (Å²) in [5.74, 6) is -0.00213. The molecule has 80 valence electrons. The first-order valence-electron chi connectivity index (χ1n) is 5.15. The second-order valence-corrected chi connectivity index (χ2v) is 3.96. The Labute approximate surface area is 89.3 Å². The van der Waals surface area contributed by atoms with E-state index in [4.69, 9.17) is 0 Å². The maximum Gasteiger partial charge on any atom is 0.251 e. The summed E-state index contributed by atoms with van der Waals surface area (Å²) < 4.78 is 0. The molecule has 1 saturated heterocycles. The molecule has 0 saturated carbocycles. The van der Waals surface area contributed by atoms with Crippen LogP contribution < -0.4 is 5.32 Å². The van der Waals surface area contributed by atoms with Crippen LogP contribution in [0.25, 0.3) is 0 Å². The minimum atomic E-state index is -0.00213. The highest BCUT2D eigenvalue weighted by atomic mass is 16.1. The zero-order chi connectivity index (χ0) is 10.7. The van der Waals surface area contributed by atoms with Crippen molar-refractivity contribution in [3.05, 3.63) is 30.1 Å². The molecule has 1 atom stereocenters. The van der Waals surface area contributed by atoms with Gasteiger partial charge in [0.1, 0.15) is 0 Å². The Morgan fingerprint density at radius 2 is 2.27 bits per heavy atom. The van der Waals surface area contributed by atoms with Gasteiger partial charge >= 0.3 is 0 Å². The lowest BCUT2D eigenvalue weighted by Gasteiger charge is -2.12. The number of hydrogen-bond donors (Lipinski definition) is 1. The standard InChI is InChI=1S/C11H15N3O/c1-14-7-4-10(8-14)13-11(15)9-2-5-12-6-3-9/h2-3,5-6,10H,4,7-8H2,1H3,(H,13,15). The van der Waals surface area contributed by atoms with Crippen LogP contribution in [0.15, 0.2) is 24.5 Å². The molecule has 1 amide bonds. The van der Waals surface area contributed by atoms with E-state index >= 15 is 0 Å². The van der Waals surface area contributed by atoms with Gasteiger partial charge in [0.2, 0.25) is 0 Å². The van der Waals surface area contributed by atoms with Crippen LogP contribution in [0, 0.1) is 0 Å². The molecule has 4 nitrogen and oxygen atoms in total. The normalized spacial score (nSPS) is 21.5. The predicted molar refractivity (Wildman–Crippen MR) is 57.6 cm³/mol. The first kappa shape index (κ1) is 10.1. The molecule has 1 aromatic rings. The van der Waals surface area contributed by atoms with Crippen molar-refractivity contribution in [1.29, 1.82) is 0 Å². The molecular weight excluding hydrogens is 190 g/mol. The number of carbonyl (C=O) groups excluding carboxylic acids is 1. The molecule has 1 aliphatic heterocycles. The molecule has 0 aromatic carbocycles. The van der Waals surface area contributed by atoms with Crippen molar-refractivity contribution in [2.45, 2.75) is 12.5 Å². The van der Waals surface area contributed by atoms with Gasteiger partial charge in [-0.1, -0.05) is 0 Å². The summed E-state index contributed by atoms with van der Waals surface area (Å²) in [4.78, 5) is 17.9. The van der Waals surface area contributed by atoms with E-state index in [0.29, 0.717) is 5.56 Å². The number of amides is 1. The van der Waals surface area contributed by atoms with Crippen molar-refractivity contribution >= 4 is 5.91 Å². The molecule has 0 spiro atoms. The molecule has 15 heavy (non-hydrogen) atoms. The molecule has 0 aliphatic carbocycles. The first-order chi connectivity index (χ1) is 7.25. The van der Waals surface area contributed by atoms with Crippen LogP contribution in [0.1, 0.15) is 16.8 Å². The average Bonchev–Trinajstić information content (AvgIpc) is 2.65. The van der Waals surface area contributed by atoms with Gasteiger partial charge in [-0.25, -0.2) is 0 Å². The number of rotatable bonds is 2. The number of likely N-dealkylation sites (tertiary alicyclic amines) is 1. The Morgan fingerprint density at radius 3 is 2.87 bits per heavy atom. The molecule has 1 unspecified atom stereocenters. The van der Waals surface area contributed by atoms with Gasteiger partial charge in [-0.2, -0.15) is 0 Å². The van der Waals surface area contributed by atoms with Crippen LogP contribution in [-0.2, 0) is 0 Å². The van der Waals surface area contributed by atoms with Crippen LogP contribution in [-0.4, -0.2) is 42.0 Å². The summed E-state index contributed by atoms with van der Waals surface area (Å²) in [5.41, 5.74) is 0.680. The van der Waals surface area contributed by atoms with E-state index in [2.05, 4.69) is 22.2 Å². The Bertz CT molecular complexity index is 339. The highest BCUT2D eigenvalue weighted by molar-refractivity contribution is 5.94. The molecule has 4 heteroatoms. The number of pyridine rings is 1. The minimum Gasteiger partial charge on any atom is -0.348 e. The molecule has 1 aromatic heterocycles. The van der Waals surface area contributed by atoms with Gasteiger partial charge in [-0.05, 0) is 32.1 Å². The molecule has 0 radical (unpaired) electrons. The third-order valence-electron chi connectivity index (χ3n) is 2.67. The minimum absolute atomic E-state index is 0.00213. The third kappa shape index (κ3) is 2.53. The Balaban J connectivity index is 1.93. The summed E-state index contributed by atoms with van der Waals surface area (Å²) in [6.45, 7) is 2.00. The van der Waals surface area contributed by atoms with Crippen molar-refractivity contribution in [1.82, 2.24) is 15.2 Å². The highest BCUT2D eigenvalue weighted by Crippen LogP contribution is 2.07. The monoisotopic (exact) mass is 205 g/mol. The van der Waals surface area contributed by atoms with Crippen molar-refractivity contribution in [2.75, 3.05) is 20.1 Å². The fraction of sp³-hybridized carbons (Fsp3) is 0.455. The second kappa shape index (κ2) is 4.40. The lowest BCUT2D eigenvalue weighted by atomic mass is 10.2. The zero-order valence-corrected chi connectivity index (χ0v) is 8.81. The van der Waals surface area contributed by atoms with E-state index in [1.54, 1.807) is 24.5 Å². The van der Waals surface area contributed by atoms with Gasteiger partial charge < -0.3 is 10.2 Å². The summed E-state index contributed by atoms with van der Waals surface area (Å²) in [6.07, 6.45) is 4.30. The smallest absolute Gasteiger partial charge is 0.251 e. The molecule has 2 heterocycles. The van der Waals surface area contributed by atoms with Gasteiger partial charge in [-0.15, -0.1) is 0 Å². The topological polar surface area (TPSA) is 45.2 Å². The van der Waals surface area contributed by atoms with E-state index in [-0.39, 0.29) is 11.9 Å². The number of nitrogens with one attached hydrogen (secondary N) is 1.